The van der Waals surface area contributed by atoms with Crippen LogP contribution in [-0.4, -0.2) is 49.9 Å². The zero-order chi connectivity index (χ0) is 13.0. The topological polar surface area (TPSA) is 44.7 Å². The fourth-order valence-corrected chi connectivity index (χ4v) is 2.46. The molecule has 2 N–H and O–H groups in total. The molecule has 0 amide bonds. The van der Waals surface area contributed by atoms with Gasteiger partial charge in [-0.15, -0.1) is 0 Å². The molecule has 2 rings (SSSR count). The number of aliphatic hydroxyl groups is 1. The third-order valence-corrected chi connectivity index (χ3v) is 3.53. The number of benzene rings is 1. The van der Waals surface area contributed by atoms with E-state index < -0.39 is 0 Å². The van der Waals surface area contributed by atoms with E-state index in [0.29, 0.717) is 0 Å². The number of nitrogens with one attached hydrogen (secondary N) is 1. The minimum Gasteiger partial charge on any atom is -0.497 e. The first-order chi connectivity index (χ1) is 8.72. The molecule has 4 nitrogen and oxygen atoms in total. The smallest absolute Gasteiger partial charge is 0.119 e. The number of likely N-dealkylation sites (tertiary alicyclic amines) is 1. The summed E-state index contributed by atoms with van der Waals surface area (Å²) in [4.78, 5) is 2.30. The molecule has 18 heavy (non-hydrogen) atoms. The summed E-state index contributed by atoms with van der Waals surface area (Å²) in [5.74, 6) is 0.884. The number of nitrogens with zero attached hydrogens (tertiary/aromatic N) is 1. The summed E-state index contributed by atoms with van der Waals surface area (Å²) in [6.07, 6.45) is 0.724. The lowest BCUT2D eigenvalue weighted by Gasteiger charge is -2.23. The fourth-order valence-electron chi connectivity index (χ4n) is 2.46. The Morgan fingerprint density at radius 2 is 2.39 bits per heavy atom. The molecule has 0 bridgehead atoms. The molecule has 100 valence electrons. The van der Waals surface area contributed by atoms with Gasteiger partial charge in [-0.05, 0) is 31.2 Å². The predicted octanol–water partition coefficient (Wildman–Crippen LogP) is 1.02. The maximum absolute atomic E-state index is 9.56. The van der Waals surface area contributed by atoms with Gasteiger partial charge in [0.25, 0.3) is 0 Å². The van der Waals surface area contributed by atoms with Crippen LogP contribution in [0.3, 0.4) is 0 Å². The molecule has 1 aromatic rings. The molecule has 0 aliphatic carbocycles. The quantitative estimate of drug-likeness (QED) is 0.819. The van der Waals surface area contributed by atoms with Crippen molar-refractivity contribution in [3.63, 3.8) is 0 Å². The zero-order valence-electron chi connectivity index (χ0n) is 11.1. The molecule has 1 aliphatic rings. The van der Waals surface area contributed by atoms with Gasteiger partial charge in [0.2, 0.25) is 0 Å². The fraction of sp³-hybridized carbons (Fsp3) is 0.571. The summed E-state index contributed by atoms with van der Waals surface area (Å²) < 4.78 is 5.26. The normalized spacial score (nSPS) is 22.1. The van der Waals surface area contributed by atoms with Crippen LogP contribution >= 0.6 is 0 Å². The molecule has 0 unspecified atom stereocenters. The Bertz CT molecular complexity index is 384. The molecule has 1 saturated heterocycles. The average Bonchev–Trinajstić information content (AvgIpc) is 2.81. The maximum Gasteiger partial charge on any atom is 0.119 e. The maximum atomic E-state index is 9.56. The van der Waals surface area contributed by atoms with E-state index in [-0.39, 0.29) is 12.1 Å². The van der Waals surface area contributed by atoms with Crippen LogP contribution in [0.2, 0.25) is 0 Å². The van der Waals surface area contributed by atoms with Crippen LogP contribution in [0.5, 0.6) is 5.75 Å². The third kappa shape index (κ3) is 3.22. The lowest BCUT2D eigenvalue weighted by molar-refractivity contribution is 0.173. The van der Waals surface area contributed by atoms with Crippen molar-refractivity contribution < 1.29 is 9.84 Å². The van der Waals surface area contributed by atoms with Crippen molar-refractivity contribution in [1.29, 1.82) is 0 Å². The number of rotatable bonds is 5. The van der Waals surface area contributed by atoms with E-state index in [0.717, 1.165) is 31.8 Å². The molecular weight excluding hydrogens is 228 g/mol. The van der Waals surface area contributed by atoms with Crippen LogP contribution in [0.25, 0.3) is 0 Å². The Kier molecular flexibility index (Phi) is 4.58. The number of hydrogen-bond acceptors (Lipinski definition) is 4. The Hall–Kier alpha value is -1.10. The number of β-amino-alcohol motifs (C(OH)–C–C–N with tert-alkyl or cyclic N) is 1. The van der Waals surface area contributed by atoms with Crippen LogP contribution in [0.15, 0.2) is 24.3 Å². The first-order valence-corrected chi connectivity index (χ1v) is 6.44. The van der Waals surface area contributed by atoms with Crippen molar-refractivity contribution in [2.45, 2.75) is 18.6 Å². The lowest BCUT2D eigenvalue weighted by Crippen LogP contribution is -2.33. The van der Waals surface area contributed by atoms with E-state index in [1.165, 1.54) is 5.56 Å². The highest BCUT2D eigenvalue weighted by Crippen LogP contribution is 2.21. The van der Waals surface area contributed by atoms with Gasteiger partial charge >= 0.3 is 0 Å². The highest BCUT2D eigenvalue weighted by Gasteiger charge is 2.23. The van der Waals surface area contributed by atoms with Gasteiger partial charge in [0.1, 0.15) is 5.75 Å². The second-order valence-corrected chi connectivity index (χ2v) is 4.82. The summed E-state index contributed by atoms with van der Waals surface area (Å²) in [5.41, 5.74) is 1.22. The van der Waals surface area contributed by atoms with Crippen LogP contribution < -0.4 is 10.1 Å². The van der Waals surface area contributed by atoms with Gasteiger partial charge in [-0.3, -0.25) is 4.90 Å². The highest BCUT2D eigenvalue weighted by molar-refractivity contribution is 5.30. The monoisotopic (exact) mass is 250 g/mol. The third-order valence-electron chi connectivity index (χ3n) is 3.53. The Balaban J connectivity index is 2.03. The van der Waals surface area contributed by atoms with Crippen molar-refractivity contribution in [2.75, 3.05) is 33.8 Å². The molecule has 1 aromatic carbocycles. The van der Waals surface area contributed by atoms with Gasteiger partial charge < -0.3 is 15.2 Å². The van der Waals surface area contributed by atoms with Crippen LogP contribution in [0.4, 0.5) is 0 Å². The number of ether oxygens (including phenoxy) is 1. The number of hydrogen-bond donors (Lipinski definition) is 2. The van der Waals surface area contributed by atoms with Gasteiger partial charge in [0.15, 0.2) is 0 Å². The lowest BCUT2D eigenvalue weighted by atomic mass is 10.1. The van der Waals surface area contributed by atoms with Crippen molar-refractivity contribution >= 4 is 0 Å². The van der Waals surface area contributed by atoms with E-state index in [2.05, 4.69) is 22.3 Å². The minimum absolute atomic E-state index is 0.159. The second kappa shape index (κ2) is 6.18. The summed E-state index contributed by atoms with van der Waals surface area (Å²) >= 11 is 0. The molecule has 2 atom stereocenters. The van der Waals surface area contributed by atoms with E-state index in [9.17, 15) is 5.11 Å². The number of likely N-dealkylation sites (N-methyl/N-ethyl adjacent to an activating group) is 1. The molecule has 1 fully saturated rings. The van der Waals surface area contributed by atoms with Gasteiger partial charge in [-0.2, -0.15) is 0 Å². The molecule has 0 spiro atoms. The van der Waals surface area contributed by atoms with Crippen LogP contribution in [0.1, 0.15) is 18.0 Å². The van der Waals surface area contributed by atoms with E-state index in [1.807, 2.05) is 19.2 Å². The molecular formula is C14H22N2O2. The van der Waals surface area contributed by atoms with Crippen LogP contribution in [-0.2, 0) is 0 Å². The van der Waals surface area contributed by atoms with Gasteiger partial charge in [0, 0.05) is 25.7 Å². The van der Waals surface area contributed by atoms with E-state index in [1.54, 1.807) is 7.11 Å². The molecule has 4 heteroatoms. The highest BCUT2D eigenvalue weighted by atomic mass is 16.5. The van der Waals surface area contributed by atoms with E-state index in [4.69, 9.17) is 4.74 Å². The molecule has 1 aliphatic heterocycles. The molecule has 0 radical (unpaired) electrons. The summed E-state index contributed by atoms with van der Waals surface area (Å²) in [6.45, 7) is 2.67. The summed E-state index contributed by atoms with van der Waals surface area (Å²) in [7, 11) is 3.65. The Morgan fingerprint density at radius 1 is 1.56 bits per heavy atom. The van der Waals surface area contributed by atoms with Crippen LogP contribution in [0, 0.1) is 0 Å². The van der Waals surface area contributed by atoms with E-state index >= 15 is 0 Å². The van der Waals surface area contributed by atoms with Crippen molar-refractivity contribution in [1.82, 2.24) is 10.2 Å². The molecule has 0 saturated carbocycles. The standard InChI is InChI=1S/C14H22N2O2/c1-15-14(10-16-7-6-12(17)9-16)11-4-3-5-13(8-11)18-2/h3-5,8,12,14-15,17H,6-7,9-10H2,1-2H3/t12-,14-/m0/s1. The number of methoxy groups -OCH3 is 1. The predicted molar refractivity (Wildman–Crippen MR) is 71.9 cm³/mol. The summed E-state index contributed by atoms with van der Waals surface area (Å²) in [5, 5.41) is 12.9. The van der Waals surface area contributed by atoms with Gasteiger partial charge in [-0.25, -0.2) is 0 Å². The SMILES string of the molecule is CN[C@@H](CN1CC[C@H](O)C1)c1cccc(OC)c1. The van der Waals surface area contributed by atoms with Gasteiger partial charge in [-0.1, -0.05) is 12.1 Å². The first-order valence-electron chi connectivity index (χ1n) is 6.44. The number of aliphatic hydroxyl groups excluding tert-OH is 1. The molecule has 1 heterocycles. The van der Waals surface area contributed by atoms with Crippen molar-refractivity contribution in [3.05, 3.63) is 29.8 Å². The second-order valence-electron chi connectivity index (χ2n) is 4.82. The summed E-state index contributed by atoms with van der Waals surface area (Å²) in [6, 6.07) is 8.40. The van der Waals surface area contributed by atoms with Crippen molar-refractivity contribution in [3.8, 4) is 5.75 Å². The van der Waals surface area contributed by atoms with Crippen molar-refractivity contribution in [2.24, 2.45) is 0 Å². The largest absolute Gasteiger partial charge is 0.497 e. The zero-order valence-corrected chi connectivity index (χ0v) is 11.1. The average molecular weight is 250 g/mol. The Morgan fingerprint density at radius 3 is 3.00 bits per heavy atom. The van der Waals surface area contributed by atoms with Gasteiger partial charge in [0.05, 0.1) is 13.2 Å². The molecule has 0 aromatic heterocycles. The Labute approximate surface area is 109 Å². The minimum atomic E-state index is -0.159. The first kappa shape index (κ1) is 13.3.